The minimum atomic E-state index is -4.64. The zero-order chi connectivity index (χ0) is 13.3. The van der Waals surface area contributed by atoms with Crippen molar-refractivity contribution < 1.29 is 22.0 Å². The molecule has 1 aromatic carbocycles. The summed E-state index contributed by atoms with van der Waals surface area (Å²) in [6.07, 6.45) is -3.77. The zero-order valence-corrected chi connectivity index (χ0v) is 8.96. The first-order valence-corrected chi connectivity index (χ1v) is 4.93. The average molecular weight is 260 g/mol. The SMILES string of the molecule is NCc1cc(-c2coc(C(F)(F)F)n2)ccc1F. The van der Waals surface area contributed by atoms with Crippen molar-refractivity contribution in [2.24, 2.45) is 5.73 Å². The van der Waals surface area contributed by atoms with Crippen molar-refractivity contribution in [3.05, 3.63) is 41.7 Å². The van der Waals surface area contributed by atoms with Crippen LogP contribution < -0.4 is 5.73 Å². The van der Waals surface area contributed by atoms with Gasteiger partial charge in [0.25, 0.3) is 0 Å². The van der Waals surface area contributed by atoms with Crippen molar-refractivity contribution >= 4 is 0 Å². The molecule has 1 aromatic heterocycles. The first-order chi connectivity index (χ1) is 8.41. The Kier molecular flexibility index (Phi) is 3.08. The van der Waals surface area contributed by atoms with Crippen molar-refractivity contribution in [3.63, 3.8) is 0 Å². The first-order valence-electron chi connectivity index (χ1n) is 4.93. The molecule has 2 aromatic rings. The average Bonchev–Trinajstić information content (AvgIpc) is 2.78. The maximum atomic E-state index is 13.2. The molecule has 18 heavy (non-hydrogen) atoms. The fourth-order valence-electron chi connectivity index (χ4n) is 1.43. The molecule has 0 unspecified atom stereocenters. The summed E-state index contributed by atoms with van der Waals surface area (Å²) in [6.45, 7) is -0.0519. The van der Waals surface area contributed by atoms with Crippen LogP contribution in [0.4, 0.5) is 17.6 Å². The molecule has 0 amide bonds. The van der Waals surface area contributed by atoms with Crippen LogP contribution in [0.5, 0.6) is 0 Å². The third kappa shape index (κ3) is 2.35. The molecule has 0 saturated carbocycles. The van der Waals surface area contributed by atoms with E-state index >= 15 is 0 Å². The number of halogens is 4. The summed E-state index contributed by atoms with van der Waals surface area (Å²) in [6, 6.07) is 3.78. The smallest absolute Gasteiger partial charge is 0.441 e. The third-order valence-electron chi connectivity index (χ3n) is 2.31. The van der Waals surface area contributed by atoms with Gasteiger partial charge in [-0.05, 0) is 18.2 Å². The van der Waals surface area contributed by atoms with Gasteiger partial charge in [0.1, 0.15) is 17.8 Å². The van der Waals surface area contributed by atoms with E-state index in [4.69, 9.17) is 5.73 Å². The number of nitrogens with zero attached hydrogens (tertiary/aromatic N) is 1. The summed E-state index contributed by atoms with van der Waals surface area (Å²) in [5.74, 6) is -1.85. The van der Waals surface area contributed by atoms with Gasteiger partial charge in [0.2, 0.25) is 0 Å². The molecular weight excluding hydrogens is 252 g/mol. The molecule has 3 nitrogen and oxygen atoms in total. The molecule has 0 aliphatic rings. The van der Waals surface area contributed by atoms with E-state index in [0.29, 0.717) is 5.56 Å². The monoisotopic (exact) mass is 260 g/mol. The fraction of sp³-hybridized carbons (Fsp3) is 0.182. The second-order valence-corrected chi connectivity index (χ2v) is 3.55. The Morgan fingerprint density at radius 2 is 2.00 bits per heavy atom. The van der Waals surface area contributed by atoms with Gasteiger partial charge in [0.15, 0.2) is 0 Å². The lowest BCUT2D eigenvalue weighted by molar-refractivity contribution is -0.157. The lowest BCUT2D eigenvalue weighted by atomic mass is 10.1. The number of hydrogen-bond acceptors (Lipinski definition) is 3. The van der Waals surface area contributed by atoms with Crippen LogP contribution in [-0.2, 0) is 12.7 Å². The number of nitrogens with two attached hydrogens (primary N) is 1. The quantitative estimate of drug-likeness (QED) is 0.844. The minimum Gasteiger partial charge on any atom is -0.441 e. The molecule has 0 aliphatic heterocycles. The number of oxazole rings is 1. The van der Waals surface area contributed by atoms with E-state index in [1.54, 1.807) is 0 Å². The van der Waals surface area contributed by atoms with Gasteiger partial charge in [-0.15, -0.1) is 0 Å². The third-order valence-corrected chi connectivity index (χ3v) is 2.31. The van der Waals surface area contributed by atoms with E-state index in [9.17, 15) is 17.6 Å². The predicted molar refractivity (Wildman–Crippen MR) is 54.8 cm³/mol. The van der Waals surface area contributed by atoms with E-state index in [-0.39, 0.29) is 17.8 Å². The molecular formula is C11H8F4N2O. The van der Waals surface area contributed by atoms with Gasteiger partial charge in [-0.1, -0.05) is 0 Å². The molecule has 0 atom stereocenters. The molecule has 0 fully saturated rings. The lowest BCUT2D eigenvalue weighted by Crippen LogP contribution is -2.05. The fourth-order valence-corrected chi connectivity index (χ4v) is 1.43. The van der Waals surface area contributed by atoms with Crippen molar-refractivity contribution in [3.8, 4) is 11.3 Å². The summed E-state index contributed by atoms with van der Waals surface area (Å²) in [4.78, 5) is 3.30. The van der Waals surface area contributed by atoms with Crippen molar-refractivity contribution in [1.29, 1.82) is 0 Å². The number of rotatable bonds is 2. The number of benzene rings is 1. The van der Waals surface area contributed by atoms with Gasteiger partial charge in [-0.3, -0.25) is 0 Å². The first kappa shape index (κ1) is 12.6. The molecule has 0 bridgehead atoms. The predicted octanol–water partition coefficient (Wildman–Crippen LogP) is 2.96. The molecule has 0 aliphatic carbocycles. The highest BCUT2D eigenvalue weighted by atomic mass is 19.4. The number of hydrogen-bond donors (Lipinski definition) is 1. The van der Waals surface area contributed by atoms with Crippen LogP contribution in [-0.4, -0.2) is 4.98 Å². The van der Waals surface area contributed by atoms with Crippen LogP contribution in [0.1, 0.15) is 11.5 Å². The summed E-state index contributed by atoms with van der Waals surface area (Å²) in [5.41, 5.74) is 5.81. The van der Waals surface area contributed by atoms with Crippen molar-refractivity contribution in [1.82, 2.24) is 4.98 Å². The largest absolute Gasteiger partial charge is 0.468 e. The van der Waals surface area contributed by atoms with Gasteiger partial charge in [-0.25, -0.2) is 9.37 Å². The van der Waals surface area contributed by atoms with Gasteiger partial charge in [0.05, 0.1) is 0 Å². The summed E-state index contributed by atoms with van der Waals surface area (Å²) >= 11 is 0. The maximum absolute atomic E-state index is 13.2. The number of aromatic nitrogens is 1. The Balaban J connectivity index is 2.40. The Hall–Kier alpha value is -1.89. The van der Waals surface area contributed by atoms with Gasteiger partial charge < -0.3 is 10.2 Å². The topological polar surface area (TPSA) is 52.0 Å². The van der Waals surface area contributed by atoms with E-state index in [1.807, 2.05) is 0 Å². The van der Waals surface area contributed by atoms with E-state index in [1.165, 1.54) is 12.1 Å². The molecule has 7 heteroatoms. The van der Waals surface area contributed by atoms with Crippen molar-refractivity contribution in [2.75, 3.05) is 0 Å². The lowest BCUT2D eigenvalue weighted by Gasteiger charge is -2.02. The molecule has 0 saturated heterocycles. The van der Waals surface area contributed by atoms with Gasteiger partial charge in [-0.2, -0.15) is 13.2 Å². The van der Waals surface area contributed by atoms with Crippen LogP contribution >= 0.6 is 0 Å². The Morgan fingerprint density at radius 3 is 2.56 bits per heavy atom. The molecule has 2 N–H and O–H groups in total. The maximum Gasteiger partial charge on any atom is 0.468 e. The normalized spacial score (nSPS) is 11.8. The van der Waals surface area contributed by atoms with Gasteiger partial charge in [0, 0.05) is 17.7 Å². The van der Waals surface area contributed by atoms with E-state index in [0.717, 1.165) is 12.3 Å². The van der Waals surface area contributed by atoms with E-state index < -0.39 is 17.9 Å². The number of alkyl halides is 3. The van der Waals surface area contributed by atoms with Crippen LogP contribution in [0.15, 0.2) is 28.9 Å². The molecule has 96 valence electrons. The standard InChI is InChI=1S/C11H8F4N2O/c12-8-2-1-6(3-7(8)4-16)9-5-18-10(17-9)11(13,14)15/h1-3,5H,4,16H2. The van der Waals surface area contributed by atoms with Crippen LogP contribution in [0.3, 0.4) is 0 Å². The van der Waals surface area contributed by atoms with Crippen molar-refractivity contribution in [2.45, 2.75) is 12.7 Å². The summed E-state index contributed by atoms with van der Waals surface area (Å²) in [7, 11) is 0. The molecule has 1 heterocycles. The molecule has 0 spiro atoms. The van der Waals surface area contributed by atoms with Crippen LogP contribution in [0.2, 0.25) is 0 Å². The minimum absolute atomic E-state index is 0.0166. The highest BCUT2D eigenvalue weighted by molar-refractivity contribution is 5.59. The van der Waals surface area contributed by atoms with Gasteiger partial charge >= 0.3 is 12.1 Å². The Bertz CT molecular complexity index is 562. The molecule has 2 rings (SSSR count). The molecule has 0 radical (unpaired) electrons. The van der Waals surface area contributed by atoms with Crippen LogP contribution in [0.25, 0.3) is 11.3 Å². The Morgan fingerprint density at radius 1 is 1.28 bits per heavy atom. The van der Waals surface area contributed by atoms with Crippen LogP contribution in [0, 0.1) is 5.82 Å². The second-order valence-electron chi connectivity index (χ2n) is 3.55. The summed E-state index contributed by atoms with van der Waals surface area (Å²) < 4.78 is 54.4. The summed E-state index contributed by atoms with van der Waals surface area (Å²) in [5, 5.41) is 0. The van der Waals surface area contributed by atoms with E-state index in [2.05, 4.69) is 9.40 Å². The Labute approximate surface area is 99.2 Å². The highest BCUT2D eigenvalue weighted by Crippen LogP contribution is 2.31. The zero-order valence-electron chi connectivity index (χ0n) is 8.96. The highest BCUT2D eigenvalue weighted by Gasteiger charge is 2.37. The second kappa shape index (κ2) is 4.41.